The number of carboxylic acid groups (broad SMARTS) is 1. The third kappa shape index (κ3) is 9.72. The quantitative estimate of drug-likeness (QED) is 0.456. The van der Waals surface area contributed by atoms with E-state index in [0.29, 0.717) is 12.3 Å². The van der Waals surface area contributed by atoms with Gasteiger partial charge in [0.15, 0.2) is 9.84 Å². The zero-order chi connectivity index (χ0) is 31.1. The molecule has 2 saturated heterocycles. The van der Waals surface area contributed by atoms with E-state index in [9.17, 15) is 26.4 Å². The van der Waals surface area contributed by atoms with Gasteiger partial charge in [-0.25, -0.2) is 13.2 Å². The normalized spacial score (nSPS) is 17.2. The zero-order valence-electron chi connectivity index (χ0n) is 24.2. The van der Waals surface area contributed by atoms with Crippen LogP contribution in [0.25, 0.3) is 0 Å². The lowest BCUT2D eigenvalue weighted by atomic mass is 9.77. The number of likely N-dealkylation sites (tertiary alicyclic amines) is 2. The van der Waals surface area contributed by atoms with E-state index in [2.05, 4.69) is 36.9 Å². The maximum atomic E-state index is 13.0. The third-order valence-corrected chi connectivity index (χ3v) is 8.72. The molecular formula is C30H39F3N2O6S. The van der Waals surface area contributed by atoms with Gasteiger partial charge in [-0.15, -0.1) is 0 Å². The number of halogens is 3. The summed E-state index contributed by atoms with van der Waals surface area (Å²) in [6.07, 6.45) is -0.293. The first-order chi connectivity index (χ1) is 19.6. The van der Waals surface area contributed by atoms with Gasteiger partial charge in [0.25, 0.3) is 0 Å². The lowest BCUT2D eigenvalue weighted by Crippen LogP contribution is -2.42. The summed E-state index contributed by atoms with van der Waals surface area (Å²) in [6.45, 7) is 9.67. The fourth-order valence-corrected chi connectivity index (χ4v) is 5.79. The van der Waals surface area contributed by atoms with Gasteiger partial charge in [-0.3, -0.25) is 9.69 Å². The van der Waals surface area contributed by atoms with Gasteiger partial charge in [0.05, 0.1) is 17.9 Å². The second-order valence-electron chi connectivity index (χ2n) is 11.5. The second-order valence-corrected chi connectivity index (χ2v) is 13.6. The van der Waals surface area contributed by atoms with Gasteiger partial charge in [-0.2, -0.15) is 13.2 Å². The molecule has 42 heavy (non-hydrogen) atoms. The summed E-state index contributed by atoms with van der Waals surface area (Å²) < 4.78 is 61.1. The fraction of sp³-hybridized carbons (Fsp3) is 0.533. The molecule has 4 rings (SSSR count). The molecule has 2 aromatic carbocycles. The van der Waals surface area contributed by atoms with Crippen LogP contribution in [-0.4, -0.2) is 80.4 Å². The topological polar surface area (TPSA) is 104 Å². The average Bonchev–Trinajstić information content (AvgIpc) is 3.33. The number of sulfone groups is 1. The van der Waals surface area contributed by atoms with E-state index in [1.54, 1.807) is 24.3 Å². The monoisotopic (exact) mass is 612 g/mol. The van der Waals surface area contributed by atoms with Gasteiger partial charge in [0.1, 0.15) is 5.75 Å². The summed E-state index contributed by atoms with van der Waals surface area (Å²) in [7, 11) is -3.22. The molecule has 8 nitrogen and oxygen atoms in total. The molecule has 2 aliphatic rings. The van der Waals surface area contributed by atoms with Crippen LogP contribution in [0.2, 0.25) is 0 Å². The maximum Gasteiger partial charge on any atom is 0.490 e. The van der Waals surface area contributed by atoms with Crippen molar-refractivity contribution in [1.82, 2.24) is 9.80 Å². The van der Waals surface area contributed by atoms with Crippen molar-refractivity contribution in [3.05, 3.63) is 59.7 Å². The first kappa shape index (κ1) is 33.4. The Morgan fingerprint density at radius 2 is 1.57 bits per heavy atom. The minimum absolute atomic E-state index is 0.132. The smallest absolute Gasteiger partial charge is 0.490 e. The largest absolute Gasteiger partial charge is 0.493 e. The van der Waals surface area contributed by atoms with Crippen molar-refractivity contribution in [3.8, 4) is 5.75 Å². The van der Waals surface area contributed by atoms with Crippen molar-refractivity contribution in [2.75, 3.05) is 39.0 Å². The highest BCUT2D eigenvalue weighted by atomic mass is 32.2. The number of piperidine rings is 1. The summed E-state index contributed by atoms with van der Waals surface area (Å²) in [5.41, 5.74) is 2.32. The summed E-state index contributed by atoms with van der Waals surface area (Å²) in [6, 6.07) is 15.0. The molecule has 1 spiro atoms. The molecule has 0 radical (unpaired) electrons. The van der Waals surface area contributed by atoms with E-state index in [4.69, 9.17) is 14.6 Å². The van der Waals surface area contributed by atoms with Gasteiger partial charge in [-0.1, -0.05) is 44.2 Å². The maximum absolute atomic E-state index is 13.0. The molecule has 0 aromatic heterocycles. The minimum Gasteiger partial charge on any atom is -0.493 e. The van der Waals surface area contributed by atoms with Gasteiger partial charge in [-0.05, 0) is 67.4 Å². The predicted molar refractivity (Wildman–Crippen MR) is 152 cm³/mol. The molecule has 1 amide bonds. The molecule has 0 bridgehead atoms. The standard InChI is InChI=1S/C28H38N2O4S.C2HF3O2/c1-22(2)20-34-26-7-5-4-6-24(26)19-29-15-12-28(13-16-29)14-17-30(21-28)27(31)18-23-8-10-25(11-9-23)35(3,32)33;3-2(4,5)1(6)7/h4-11,22H,12-21H2,1-3H3;(H,6,7). The highest BCUT2D eigenvalue weighted by molar-refractivity contribution is 7.90. The molecule has 2 heterocycles. The first-order valence-electron chi connectivity index (χ1n) is 13.9. The molecule has 0 atom stereocenters. The number of benzene rings is 2. The molecule has 2 aromatic rings. The van der Waals surface area contributed by atoms with Crippen LogP contribution in [0.15, 0.2) is 53.4 Å². The number of hydrogen-bond donors (Lipinski definition) is 1. The number of carbonyl (C=O) groups is 2. The number of nitrogens with zero attached hydrogens (tertiary/aromatic N) is 2. The Morgan fingerprint density at radius 1 is 1.00 bits per heavy atom. The Hall–Kier alpha value is -3.12. The number of hydrogen-bond acceptors (Lipinski definition) is 6. The van der Waals surface area contributed by atoms with E-state index in [0.717, 1.165) is 69.9 Å². The second kappa shape index (κ2) is 13.9. The highest BCUT2D eigenvalue weighted by Gasteiger charge is 2.42. The zero-order valence-corrected chi connectivity index (χ0v) is 25.0. The van der Waals surface area contributed by atoms with Crippen LogP contribution in [0.5, 0.6) is 5.75 Å². The van der Waals surface area contributed by atoms with E-state index in [-0.39, 0.29) is 16.2 Å². The number of aliphatic carboxylic acids is 1. The summed E-state index contributed by atoms with van der Waals surface area (Å²) >= 11 is 0. The molecule has 0 saturated carbocycles. The van der Waals surface area contributed by atoms with Gasteiger partial charge in [0, 0.05) is 31.5 Å². The Bertz CT molecular complexity index is 1320. The Kier molecular flexibility index (Phi) is 11.0. The van der Waals surface area contributed by atoms with Gasteiger partial charge < -0.3 is 14.7 Å². The number of alkyl halides is 3. The van der Waals surface area contributed by atoms with Crippen molar-refractivity contribution in [3.63, 3.8) is 0 Å². The number of carbonyl (C=O) groups excluding carboxylic acids is 1. The van der Waals surface area contributed by atoms with Gasteiger partial charge >= 0.3 is 12.1 Å². The number of ether oxygens (including phenoxy) is 1. The Balaban J connectivity index is 0.000000616. The molecule has 12 heteroatoms. The lowest BCUT2D eigenvalue weighted by Gasteiger charge is -2.39. The van der Waals surface area contributed by atoms with Crippen molar-refractivity contribution in [1.29, 1.82) is 0 Å². The average molecular weight is 613 g/mol. The SMILES string of the molecule is CC(C)COc1ccccc1CN1CCC2(CC1)CCN(C(=O)Cc1ccc(S(C)(=O)=O)cc1)C2.O=C(O)C(F)(F)F. The van der Waals surface area contributed by atoms with Crippen molar-refractivity contribution >= 4 is 21.7 Å². The van der Waals surface area contributed by atoms with E-state index in [1.807, 2.05) is 11.0 Å². The lowest BCUT2D eigenvalue weighted by molar-refractivity contribution is -0.192. The van der Waals surface area contributed by atoms with Crippen LogP contribution < -0.4 is 4.74 Å². The van der Waals surface area contributed by atoms with Crippen molar-refractivity contribution < 1.29 is 41.0 Å². The predicted octanol–water partition coefficient (Wildman–Crippen LogP) is 4.82. The van der Waals surface area contributed by atoms with Crippen LogP contribution >= 0.6 is 0 Å². The molecular weight excluding hydrogens is 573 g/mol. The summed E-state index contributed by atoms with van der Waals surface area (Å²) in [5.74, 6) is -1.14. The number of amides is 1. The van der Waals surface area contributed by atoms with E-state index in [1.165, 1.54) is 11.8 Å². The number of rotatable bonds is 8. The van der Waals surface area contributed by atoms with Gasteiger partial charge in [0.2, 0.25) is 5.91 Å². The molecule has 232 valence electrons. The van der Waals surface area contributed by atoms with Crippen molar-refractivity contribution in [2.45, 2.75) is 57.1 Å². The Labute approximate surface area is 245 Å². The number of para-hydroxylation sites is 1. The van der Waals surface area contributed by atoms with Crippen LogP contribution in [0.3, 0.4) is 0 Å². The summed E-state index contributed by atoms with van der Waals surface area (Å²) in [4.78, 5) is 26.7. The molecule has 2 aliphatic heterocycles. The van der Waals surface area contributed by atoms with Crippen LogP contribution in [0.4, 0.5) is 13.2 Å². The van der Waals surface area contributed by atoms with Crippen LogP contribution in [-0.2, 0) is 32.4 Å². The highest BCUT2D eigenvalue weighted by Crippen LogP contribution is 2.41. The fourth-order valence-electron chi connectivity index (χ4n) is 5.16. The van der Waals surface area contributed by atoms with E-state index < -0.39 is 22.0 Å². The molecule has 0 aliphatic carbocycles. The summed E-state index contributed by atoms with van der Waals surface area (Å²) in [5, 5.41) is 7.12. The molecule has 2 fully saturated rings. The third-order valence-electron chi connectivity index (χ3n) is 7.60. The van der Waals surface area contributed by atoms with Crippen LogP contribution in [0, 0.1) is 11.3 Å². The van der Waals surface area contributed by atoms with Crippen molar-refractivity contribution in [2.24, 2.45) is 11.3 Å². The first-order valence-corrected chi connectivity index (χ1v) is 15.8. The Morgan fingerprint density at radius 3 is 2.12 bits per heavy atom. The molecule has 0 unspecified atom stereocenters. The van der Waals surface area contributed by atoms with Crippen LogP contribution in [0.1, 0.15) is 44.2 Å². The minimum atomic E-state index is -5.08. The number of carboxylic acids is 1. The van der Waals surface area contributed by atoms with E-state index >= 15 is 0 Å². The molecule has 1 N–H and O–H groups in total.